The number of hydrogen-bond donors (Lipinski definition) is 1. The Morgan fingerprint density at radius 2 is 2.38 bits per heavy atom. The zero-order valence-corrected chi connectivity index (χ0v) is 9.56. The van der Waals surface area contributed by atoms with Crippen LogP contribution in [0, 0.1) is 6.92 Å². The lowest BCUT2D eigenvalue weighted by atomic mass is 10.2. The SMILES string of the molecule is CCC(NC(=O)N1CCC1)c1noc(C)n1. The van der Waals surface area contributed by atoms with Crippen LogP contribution in [0.4, 0.5) is 4.79 Å². The van der Waals surface area contributed by atoms with Gasteiger partial charge in [0.15, 0.2) is 5.82 Å². The summed E-state index contributed by atoms with van der Waals surface area (Å²) in [6.07, 6.45) is 1.84. The number of hydrogen-bond acceptors (Lipinski definition) is 4. The third-order valence-corrected chi connectivity index (χ3v) is 2.70. The average Bonchev–Trinajstić information content (AvgIpc) is 2.58. The Balaban J connectivity index is 1.97. The van der Waals surface area contributed by atoms with Crippen LogP contribution in [0.25, 0.3) is 0 Å². The van der Waals surface area contributed by atoms with Gasteiger partial charge in [-0.25, -0.2) is 4.79 Å². The molecule has 1 saturated heterocycles. The summed E-state index contributed by atoms with van der Waals surface area (Å²) in [4.78, 5) is 17.6. The lowest BCUT2D eigenvalue weighted by Gasteiger charge is -2.32. The van der Waals surface area contributed by atoms with Crippen molar-refractivity contribution < 1.29 is 9.32 Å². The quantitative estimate of drug-likeness (QED) is 0.838. The Morgan fingerprint density at radius 3 is 2.81 bits per heavy atom. The molecule has 2 heterocycles. The fourth-order valence-electron chi connectivity index (χ4n) is 1.57. The van der Waals surface area contributed by atoms with Crippen molar-refractivity contribution in [3.05, 3.63) is 11.7 Å². The topological polar surface area (TPSA) is 71.3 Å². The van der Waals surface area contributed by atoms with Gasteiger partial charge in [0.05, 0.1) is 6.04 Å². The van der Waals surface area contributed by atoms with Crippen molar-refractivity contribution in [2.24, 2.45) is 0 Å². The van der Waals surface area contributed by atoms with Crippen molar-refractivity contribution in [3.8, 4) is 0 Å². The van der Waals surface area contributed by atoms with Gasteiger partial charge in [0.2, 0.25) is 5.89 Å². The van der Waals surface area contributed by atoms with E-state index < -0.39 is 0 Å². The third kappa shape index (κ3) is 2.15. The van der Waals surface area contributed by atoms with Gasteiger partial charge >= 0.3 is 6.03 Å². The predicted molar refractivity (Wildman–Crippen MR) is 56.8 cm³/mol. The number of rotatable bonds is 3. The summed E-state index contributed by atoms with van der Waals surface area (Å²) < 4.78 is 4.90. The van der Waals surface area contributed by atoms with Crippen LogP contribution in [-0.2, 0) is 0 Å². The highest BCUT2D eigenvalue weighted by molar-refractivity contribution is 5.75. The van der Waals surface area contributed by atoms with Crippen LogP contribution in [0.1, 0.15) is 37.5 Å². The molecule has 16 heavy (non-hydrogen) atoms. The molecule has 0 spiro atoms. The van der Waals surface area contributed by atoms with Crippen molar-refractivity contribution in [2.45, 2.75) is 32.7 Å². The van der Waals surface area contributed by atoms with Crippen LogP contribution in [-0.4, -0.2) is 34.2 Å². The number of carbonyl (C=O) groups excluding carboxylic acids is 1. The fraction of sp³-hybridized carbons (Fsp3) is 0.700. The summed E-state index contributed by atoms with van der Waals surface area (Å²) in [5.74, 6) is 1.07. The first kappa shape index (κ1) is 10.9. The summed E-state index contributed by atoms with van der Waals surface area (Å²) in [5, 5.41) is 6.72. The van der Waals surface area contributed by atoms with E-state index in [1.165, 1.54) is 0 Å². The molecule has 1 unspecified atom stereocenters. The number of aromatic nitrogens is 2. The predicted octanol–water partition coefficient (Wildman–Crippen LogP) is 1.24. The smallest absolute Gasteiger partial charge is 0.317 e. The number of amides is 2. The molecule has 2 amide bonds. The lowest BCUT2D eigenvalue weighted by Crippen LogP contribution is -2.48. The van der Waals surface area contributed by atoms with E-state index in [4.69, 9.17) is 4.52 Å². The zero-order valence-electron chi connectivity index (χ0n) is 9.56. The van der Waals surface area contributed by atoms with Gasteiger partial charge in [0.1, 0.15) is 0 Å². The molecule has 0 bridgehead atoms. The zero-order chi connectivity index (χ0) is 11.5. The molecule has 1 aromatic rings. The van der Waals surface area contributed by atoms with E-state index in [0.29, 0.717) is 11.7 Å². The lowest BCUT2D eigenvalue weighted by molar-refractivity contribution is 0.163. The summed E-state index contributed by atoms with van der Waals surface area (Å²) in [7, 11) is 0. The van der Waals surface area contributed by atoms with Crippen LogP contribution in [0.3, 0.4) is 0 Å². The Kier molecular flexibility index (Phi) is 3.07. The Morgan fingerprint density at radius 1 is 1.62 bits per heavy atom. The highest BCUT2D eigenvalue weighted by Crippen LogP contribution is 2.14. The highest BCUT2D eigenvalue weighted by atomic mass is 16.5. The first-order valence-electron chi connectivity index (χ1n) is 5.56. The van der Waals surface area contributed by atoms with Gasteiger partial charge in [-0.3, -0.25) is 0 Å². The number of aryl methyl sites for hydroxylation is 1. The maximum Gasteiger partial charge on any atom is 0.317 e. The van der Waals surface area contributed by atoms with E-state index >= 15 is 0 Å². The Bertz CT molecular complexity index is 373. The van der Waals surface area contributed by atoms with Crippen LogP contribution >= 0.6 is 0 Å². The largest absolute Gasteiger partial charge is 0.340 e. The van der Waals surface area contributed by atoms with Crippen molar-refractivity contribution in [1.82, 2.24) is 20.4 Å². The molecule has 1 N–H and O–H groups in total. The number of nitrogens with one attached hydrogen (secondary N) is 1. The molecule has 6 heteroatoms. The van der Waals surface area contributed by atoms with Crippen molar-refractivity contribution >= 4 is 6.03 Å². The highest BCUT2D eigenvalue weighted by Gasteiger charge is 2.24. The van der Waals surface area contributed by atoms with Gasteiger partial charge < -0.3 is 14.7 Å². The van der Waals surface area contributed by atoms with Crippen molar-refractivity contribution in [1.29, 1.82) is 0 Å². The minimum atomic E-state index is -0.162. The molecule has 0 aliphatic carbocycles. The van der Waals surface area contributed by atoms with E-state index in [0.717, 1.165) is 25.9 Å². The van der Waals surface area contributed by atoms with E-state index in [1.54, 1.807) is 11.8 Å². The molecule has 1 fully saturated rings. The van der Waals surface area contributed by atoms with E-state index in [1.807, 2.05) is 6.92 Å². The molecule has 0 aromatic carbocycles. The molecule has 1 aromatic heterocycles. The van der Waals surface area contributed by atoms with Crippen LogP contribution in [0.15, 0.2) is 4.52 Å². The van der Waals surface area contributed by atoms with Crippen LogP contribution < -0.4 is 5.32 Å². The second-order valence-electron chi connectivity index (χ2n) is 3.92. The minimum absolute atomic E-state index is 0.0412. The summed E-state index contributed by atoms with van der Waals surface area (Å²) >= 11 is 0. The molecule has 2 rings (SSSR count). The number of nitrogens with zero attached hydrogens (tertiary/aromatic N) is 3. The Hall–Kier alpha value is -1.59. The average molecular weight is 224 g/mol. The standard InChI is InChI=1S/C10H16N4O2/c1-3-8(9-11-7(2)16-13-9)12-10(15)14-5-4-6-14/h8H,3-6H2,1-2H3,(H,12,15). The molecule has 1 atom stereocenters. The molecular formula is C10H16N4O2. The van der Waals surface area contributed by atoms with Crippen molar-refractivity contribution in [2.75, 3.05) is 13.1 Å². The Labute approximate surface area is 94.0 Å². The molecule has 1 aliphatic heterocycles. The molecule has 0 saturated carbocycles. The normalized spacial score (nSPS) is 16.8. The number of urea groups is 1. The monoisotopic (exact) mass is 224 g/mol. The van der Waals surface area contributed by atoms with Gasteiger partial charge in [-0.1, -0.05) is 12.1 Å². The minimum Gasteiger partial charge on any atom is -0.340 e. The second-order valence-corrected chi connectivity index (χ2v) is 3.92. The summed E-state index contributed by atoms with van der Waals surface area (Å²) in [6, 6.07) is -0.203. The van der Waals surface area contributed by atoms with E-state index in [-0.39, 0.29) is 12.1 Å². The number of likely N-dealkylation sites (tertiary alicyclic amines) is 1. The molecular weight excluding hydrogens is 208 g/mol. The maximum atomic E-state index is 11.7. The third-order valence-electron chi connectivity index (χ3n) is 2.70. The maximum absolute atomic E-state index is 11.7. The van der Waals surface area contributed by atoms with Crippen LogP contribution in [0.2, 0.25) is 0 Å². The van der Waals surface area contributed by atoms with Crippen LogP contribution in [0.5, 0.6) is 0 Å². The van der Waals surface area contributed by atoms with Gasteiger partial charge in [-0.05, 0) is 12.8 Å². The van der Waals surface area contributed by atoms with E-state index in [9.17, 15) is 4.79 Å². The first-order valence-corrected chi connectivity index (χ1v) is 5.56. The molecule has 88 valence electrons. The van der Waals surface area contributed by atoms with Gasteiger partial charge in [0.25, 0.3) is 0 Å². The number of carbonyl (C=O) groups is 1. The summed E-state index contributed by atoms with van der Waals surface area (Å²) in [5.41, 5.74) is 0. The fourth-order valence-corrected chi connectivity index (χ4v) is 1.57. The van der Waals surface area contributed by atoms with Gasteiger partial charge in [0, 0.05) is 20.0 Å². The van der Waals surface area contributed by atoms with Gasteiger partial charge in [-0.2, -0.15) is 4.98 Å². The molecule has 0 radical (unpaired) electrons. The van der Waals surface area contributed by atoms with Crippen molar-refractivity contribution in [3.63, 3.8) is 0 Å². The van der Waals surface area contributed by atoms with Gasteiger partial charge in [-0.15, -0.1) is 0 Å². The summed E-state index contributed by atoms with van der Waals surface area (Å²) in [6.45, 7) is 5.40. The molecule has 6 nitrogen and oxygen atoms in total. The molecule has 1 aliphatic rings. The second kappa shape index (κ2) is 4.51. The first-order chi connectivity index (χ1) is 7.70. The van der Waals surface area contributed by atoms with E-state index in [2.05, 4.69) is 15.5 Å².